The van der Waals surface area contributed by atoms with Crippen molar-refractivity contribution in [3.8, 4) is 11.1 Å². The lowest BCUT2D eigenvalue weighted by Crippen LogP contribution is -2.56. The number of nitrogens with zero attached hydrogens (tertiary/aromatic N) is 3. The van der Waals surface area contributed by atoms with E-state index in [1.54, 1.807) is 24.3 Å². The number of amides is 1. The maximum Gasteiger partial charge on any atom is 0.433 e. The monoisotopic (exact) mass is 492 g/mol. The van der Waals surface area contributed by atoms with E-state index in [1.165, 1.54) is 26.2 Å². The molecule has 1 saturated heterocycles. The SMILES string of the molecule is CC(C)(O)c1cc(C(F)(F)F)ncc1-c1ccc(C2(C(=O)Nc3ccc(Cl)nc3)COC2)nc1. The lowest BCUT2D eigenvalue weighted by atomic mass is 9.80. The molecule has 3 aromatic heterocycles. The molecule has 2 N–H and O–H groups in total. The van der Waals surface area contributed by atoms with E-state index in [2.05, 4.69) is 20.3 Å². The van der Waals surface area contributed by atoms with Crippen LogP contribution in [-0.4, -0.2) is 39.2 Å². The maximum atomic E-state index is 13.2. The summed E-state index contributed by atoms with van der Waals surface area (Å²) in [5, 5.41) is 13.6. The van der Waals surface area contributed by atoms with Gasteiger partial charge in [0.1, 0.15) is 16.3 Å². The average Bonchev–Trinajstić information content (AvgIpc) is 2.73. The van der Waals surface area contributed by atoms with Crippen molar-refractivity contribution in [1.29, 1.82) is 0 Å². The molecule has 1 aliphatic rings. The van der Waals surface area contributed by atoms with Crippen molar-refractivity contribution in [2.24, 2.45) is 0 Å². The normalized spacial score (nSPS) is 15.5. The summed E-state index contributed by atoms with van der Waals surface area (Å²) >= 11 is 5.78. The molecule has 0 bridgehead atoms. The van der Waals surface area contributed by atoms with E-state index in [0.29, 0.717) is 27.7 Å². The Morgan fingerprint density at radius 2 is 1.82 bits per heavy atom. The minimum absolute atomic E-state index is 0.0547. The summed E-state index contributed by atoms with van der Waals surface area (Å²) in [4.78, 5) is 24.9. The number of hydrogen-bond acceptors (Lipinski definition) is 6. The second kappa shape index (κ2) is 8.61. The first kappa shape index (κ1) is 24.1. The first-order valence-electron chi connectivity index (χ1n) is 10.2. The summed E-state index contributed by atoms with van der Waals surface area (Å²) in [6.07, 6.45) is -0.717. The highest BCUT2D eigenvalue weighted by Gasteiger charge is 2.49. The first-order valence-corrected chi connectivity index (χ1v) is 10.6. The summed E-state index contributed by atoms with van der Waals surface area (Å²) in [5.74, 6) is -0.337. The van der Waals surface area contributed by atoms with Crippen LogP contribution in [0, 0.1) is 0 Å². The number of ether oxygens (including phenoxy) is 1. The molecule has 3 aromatic rings. The number of carbonyl (C=O) groups excluding carboxylic acids is 1. The molecule has 0 atom stereocenters. The molecular weight excluding hydrogens is 473 g/mol. The smallest absolute Gasteiger partial charge is 0.386 e. The van der Waals surface area contributed by atoms with Gasteiger partial charge in [0.05, 0.1) is 36.4 Å². The number of pyridine rings is 3. The molecule has 4 rings (SSSR count). The van der Waals surface area contributed by atoms with Crippen LogP contribution in [0.2, 0.25) is 5.15 Å². The van der Waals surface area contributed by atoms with Crippen molar-refractivity contribution in [1.82, 2.24) is 15.0 Å². The van der Waals surface area contributed by atoms with E-state index in [0.717, 1.165) is 12.3 Å². The third-order valence-electron chi connectivity index (χ3n) is 5.54. The van der Waals surface area contributed by atoms with Crippen molar-refractivity contribution in [2.75, 3.05) is 18.5 Å². The Kier molecular flexibility index (Phi) is 6.09. The van der Waals surface area contributed by atoms with E-state index in [4.69, 9.17) is 16.3 Å². The van der Waals surface area contributed by atoms with Crippen molar-refractivity contribution in [2.45, 2.75) is 31.0 Å². The van der Waals surface area contributed by atoms with Crippen LogP contribution in [0.4, 0.5) is 18.9 Å². The van der Waals surface area contributed by atoms with Gasteiger partial charge >= 0.3 is 6.18 Å². The predicted molar refractivity (Wildman–Crippen MR) is 118 cm³/mol. The lowest BCUT2D eigenvalue weighted by Gasteiger charge is -2.39. The molecular formula is C23H20ClF3N4O3. The molecule has 11 heteroatoms. The van der Waals surface area contributed by atoms with Crippen LogP contribution in [0.5, 0.6) is 0 Å². The Labute approximate surface area is 198 Å². The topological polar surface area (TPSA) is 97.2 Å². The van der Waals surface area contributed by atoms with Gasteiger partial charge in [0, 0.05) is 23.5 Å². The second-order valence-corrected chi connectivity index (χ2v) is 8.89. The highest BCUT2D eigenvalue weighted by atomic mass is 35.5. The van der Waals surface area contributed by atoms with E-state index in [1.807, 2.05) is 0 Å². The minimum Gasteiger partial charge on any atom is -0.386 e. The van der Waals surface area contributed by atoms with Gasteiger partial charge in [-0.05, 0) is 43.7 Å². The first-order chi connectivity index (χ1) is 15.9. The van der Waals surface area contributed by atoms with Gasteiger partial charge in [-0.25, -0.2) is 4.98 Å². The zero-order valence-corrected chi connectivity index (χ0v) is 18.9. The van der Waals surface area contributed by atoms with Gasteiger partial charge in [-0.2, -0.15) is 13.2 Å². The highest BCUT2D eigenvalue weighted by Crippen LogP contribution is 2.37. The Hall–Kier alpha value is -3.08. The van der Waals surface area contributed by atoms with Gasteiger partial charge in [0.15, 0.2) is 0 Å². The molecule has 1 amide bonds. The zero-order valence-electron chi connectivity index (χ0n) is 18.2. The number of carbonyl (C=O) groups is 1. The average molecular weight is 493 g/mol. The maximum absolute atomic E-state index is 13.2. The Morgan fingerprint density at radius 1 is 1.09 bits per heavy atom. The Morgan fingerprint density at radius 3 is 2.32 bits per heavy atom. The molecule has 1 aliphatic heterocycles. The van der Waals surface area contributed by atoms with Gasteiger partial charge in [-0.1, -0.05) is 17.7 Å². The number of aliphatic hydroxyl groups is 1. The number of aromatic nitrogens is 3. The molecule has 4 heterocycles. The molecule has 178 valence electrons. The van der Waals surface area contributed by atoms with E-state index < -0.39 is 22.9 Å². The molecule has 0 aliphatic carbocycles. The summed E-state index contributed by atoms with van der Waals surface area (Å²) in [6.45, 7) is 3.01. The van der Waals surface area contributed by atoms with Gasteiger partial charge < -0.3 is 15.2 Å². The Balaban J connectivity index is 1.65. The third-order valence-corrected chi connectivity index (χ3v) is 5.76. The molecule has 0 spiro atoms. The van der Waals surface area contributed by atoms with Gasteiger partial charge in [-0.3, -0.25) is 14.8 Å². The van der Waals surface area contributed by atoms with Gasteiger partial charge in [0.25, 0.3) is 0 Å². The van der Waals surface area contributed by atoms with Crippen LogP contribution in [-0.2, 0) is 26.7 Å². The molecule has 7 nitrogen and oxygen atoms in total. The second-order valence-electron chi connectivity index (χ2n) is 8.50. The molecule has 0 radical (unpaired) electrons. The van der Waals surface area contributed by atoms with E-state index in [-0.39, 0.29) is 24.7 Å². The van der Waals surface area contributed by atoms with Crippen molar-refractivity contribution >= 4 is 23.2 Å². The predicted octanol–water partition coefficient (Wildman–Crippen LogP) is 4.34. The van der Waals surface area contributed by atoms with Crippen LogP contribution in [0.3, 0.4) is 0 Å². The number of anilines is 1. The number of halogens is 4. The summed E-state index contributed by atoms with van der Waals surface area (Å²) in [5.41, 5.74) is -2.00. The fourth-order valence-electron chi connectivity index (χ4n) is 3.58. The summed E-state index contributed by atoms with van der Waals surface area (Å²) in [7, 11) is 0. The zero-order chi connectivity index (χ0) is 24.7. The summed E-state index contributed by atoms with van der Waals surface area (Å²) < 4.78 is 44.8. The van der Waals surface area contributed by atoms with Gasteiger partial charge in [0.2, 0.25) is 5.91 Å². The van der Waals surface area contributed by atoms with Crippen molar-refractivity contribution in [3.05, 3.63) is 71.0 Å². The highest BCUT2D eigenvalue weighted by molar-refractivity contribution is 6.29. The van der Waals surface area contributed by atoms with Crippen LogP contribution >= 0.6 is 11.6 Å². The number of nitrogens with one attached hydrogen (secondary N) is 1. The van der Waals surface area contributed by atoms with Gasteiger partial charge in [-0.15, -0.1) is 0 Å². The number of alkyl halides is 3. The minimum atomic E-state index is -4.65. The van der Waals surface area contributed by atoms with Crippen molar-refractivity contribution in [3.63, 3.8) is 0 Å². The van der Waals surface area contributed by atoms with Crippen LogP contribution in [0.1, 0.15) is 30.8 Å². The van der Waals surface area contributed by atoms with Crippen molar-refractivity contribution < 1.29 is 27.8 Å². The number of hydrogen-bond donors (Lipinski definition) is 2. The van der Waals surface area contributed by atoms with E-state index >= 15 is 0 Å². The molecule has 34 heavy (non-hydrogen) atoms. The standard InChI is InChI=1S/C23H20ClF3N4O3/c1-21(2,33)16-7-18(23(25,26)27)29-10-15(16)13-3-5-17(28-8-13)22(11-34-12-22)20(32)31-14-4-6-19(24)30-9-14/h3-10,33H,11-12H2,1-2H3,(H,31,32). The largest absolute Gasteiger partial charge is 0.433 e. The fraction of sp³-hybridized carbons (Fsp3) is 0.304. The third kappa shape index (κ3) is 4.61. The molecule has 0 aromatic carbocycles. The van der Waals surface area contributed by atoms with Crippen LogP contribution in [0.15, 0.2) is 48.9 Å². The molecule has 0 saturated carbocycles. The molecule has 1 fully saturated rings. The lowest BCUT2D eigenvalue weighted by molar-refractivity contribution is -0.141. The molecule has 0 unspecified atom stereocenters. The van der Waals surface area contributed by atoms with Crippen LogP contribution in [0.25, 0.3) is 11.1 Å². The van der Waals surface area contributed by atoms with Crippen LogP contribution < -0.4 is 5.32 Å². The van der Waals surface area contributed by atoms with E-state index in [9.17, 15) is 23.1 Å². The fourth-order valence-corrected chi connectivity index (χ4v) is 3.70. The number of rotatable bonds is 5. The Bertz CT molecular complexity index is 1210. The quantitative estimate of drug-likeness (QED) is 0.514. The summed E-state index contributed by atoms with van der Waals surface area (Å²) in [6, 6.07) is 7.24.